The number of thiophene rings is 1. The molecule has 1 aliphatic rings. The average molecular weight is 295 g/mol. The van der Waals surface area contributed by atoms with Crippen LogP contribution >= 0.6 is 11.3 Å². The van der Waals surface area contributed by atoms with Gasteiger partial charge in [-0.1, -0.05) is 20.8 Å². The van der Waals surface area contributed by atoms with Crippen molar-refractivity contribution in [3.63, 3.8) is 0 Å². The molecule has 0 saturated heterocycles. The molecule has 1 atom stereocenters. The molecule has 1 heterocycles. The van der Waals surface area contributed by atoms with Crippen molar-refractivity contribution < 1.29 is 4.74 Å². The molecule has 0 amide bonds. The van der Waals surface area contributed by atoms with Gasteiger partial charge >= 0.3 is 0 Å². The van der Waals surface area contributed by atoms with Crippen LogP contribution in [-0.4, -0.2) is 19.3 Å². The van der Waals surface area contributed by atoms with E-state index < -0.39 is 0 Å². The third kappa shape index (κ3) is 3.44. The SMILES string of the molecule is CCCNC(c1ccsc1)C1(OC)CCC(C)(C)CC1. The Labute approximate surface area is 127 Å². The highest BCUT2D eigenvalue weighted by atomic mass is 32.1. The lowest BCUT2D eigenvalue weighted by Gasteiger charge is -2.47. The summed E-state index contributed by atoms with van der Waals surface area (Å²) in [5.41, 5.74) is 1.82. The second-order valence-corrected chi connectivity index (χ2v) is 7.66. The van der Waals surface area contributed by atoms with Gasteiger partial charge in [0.25, 0.3) is 0 Å². The summed E-state index contributed by atoms with van der Waals surface area (Å²) in [7, 11) is 1.89. The Hall–Kier alpha value is -0.380. The number of nitrogens with one attached hydrogen (secondary N) is 1. The van der Waals surface area contributed by atoms with Crippen LogP contribution in [0.2, 0.25) is 0 Å². The van der Waals surface area contributed by atoms with E-state index in [0.717, 1.165) is 25.8 Å². The van der Waals surface area contributed by atoms with E-state index in [1.807, 2.05) is 7.11 Å². The lowest BCUT2D eigenvalue weighted by atomic mass is 9.67. The Balaban J connectivity index is 2.21. The molecule has 0 spiro atoms. The van der Waals surface area contributed by atoms with Crippen molar-refractivity contribution in [2.45, 2.75) is 64.5 Å². The fourth-order valence-corrected chi connectivity index (χ4v) is 3.98. The minimum absolute atomic E-state index is 0.0359. The van der Waals surface area contributed by atoms with Gasteiger partial charge in [-0.15, -0.1) is 0 Å². The van der Waals surface area contributed by atoms with Gasteiger partial charge in [-0.2, -0.15) is 11.3 Å². The lowest BCUT2D eigenvalue weighted by Crippen LogP contribution is -2.49. The van der Waals surface area contributed by atoms with Crippen LogP contribution in [0.5, 0.6) is 0 Å². The quantitative estimate of drug-likeness (QED) is 0.816. The van der Waals surface area contributed by atoms with Crippen molar-refractivity contribution in [2.24, 2.45) is 5.41 Å². The molecule has 1 aromatic rings. The van der Waals surface area contributed by atoms with E-state index in [0.29, 0.717) is 11.5 Å². The first kappa shape index (κ1) is 16.0. The molecule has 0 bridgehead atoms. The maximum atomic E-state index is 6.10. The maximum absolute atomic E-state index is 6.10. The summed E-state index contributed by atoms with van der Waals surface area (Å²) < 4.78 is 6.10. The molecule has 114 valence electrons. The molecule has 1 aromatic heterocycles. The van der Waals surface area contributed by atoms with Crippen LogP contribution in [0, 0.1) is 5.41 Å². The summed E-state index contributed by atoms with van der Waals surface area (Å²) in [6.07, 6.45) is 5.94. The summed E-state index contributed by atoms with van der Waals surface area (Å²) in [6.45, 7) is 8.04. The molecular formula is C17H29NOS. The van der Waals surface area contributed by atoms with E-state index in [1.165, 1.54) is 18.4 Å². The fourth-order valence-electron chi connectivity index (χ4n) is 3.30. The van der Waals surface area contributed by atoms with E-state index >= 15 is 0 Å². The highest BCUT2D eigenvalue weighted by molar-refractivity contribution is 7.07. The first-order valence-corrected chi connectivity index (χ1v) is 8.78. The number of ether oxygens (including phenoxy) is 1. The molecule has 2 nitrogen and oxygen atoms in total. The molecule has 1 saturated carbocycles. The molecule has 1 aliphatic carbocycles. The normalized spacial score (nSPS) is 22.6. The van der Waals surface area contributed by atoms with Crippen LogP contribution < -0.4 is 5.32 Å². The second kappa shape index (κ2) is 6.59. The zero-order chi connectivity index (χ0) is 14.6. The Morgan fingerprint density at radius 1 is 1.30 bits per heavy atom. The van der Waals surface area contributed by atoms with Crippen molar-refractivity contribution in [1.82, 2.24) is 5.32 Å². The van der Waals surface area contributed by atoms with Gasteiger partial charge in [0, 0.05) is 7.11 Å². The van der Waals surface area contributed by atoms with Gasteiger partial charge in [0.2, 0.25) is 0 Å². The summed E-state index contributed by atoms with van der Waals surface area (Å²) in [6, 6.07) is 2.58. The number of hydrogen-bond donors (Lipinski definition) is 1. The Morgan fingerprint density at radius 3 is 2.50 bits per heavy atom. The molecule has 1 unspecified atom stereocenters. The molecule has 20 heavy (non-hydrogen) atoms. The predicted molar refractivity (Wildman–Crippen MR) is 87.3 cm³/mol. The summed E-state index contributed by atoms with van der Waals surface area (Å²) in [5.74, 6) is 0. The smallest absolute Gasteiger partial charge is 0.0873 e. The van der Waals surface area contributed by atoms with Gasteiger partial charge in [0.15, 0.2) is 0 Å². The van der Waals surface area contributed by atoms with Gasteiger partial charge in [0.1, 0.15) is 0 Å². The number of hydrogen-bond acceptors (Lipinski definition) is 3. The van der Waals surface area contributed by atoms with Crippen LogP contribution in [0.25, 0.3) is 0 Å². The number of methoxy groups -OCH3 is 1. The largest absolute Gasteiger partial charge is 0.376 e. The third-order valence-corrected chi connectivity index (χ3v) is 5.56. The van der Waals surface area contributed by atoms with E-state index in [1.54, 1.807) is 11.3 Å². The molecule has 1 fully saturated rings. The molecule has 3 heteroatoms. The molecular weight excluding hydrogens is 266 g/mol. The van der Waals surface area contributed by atoms with Gasteiger partial charge in [-0.25, -0.2) is 0 Å². The van der Waals surface area contributed by atoms with Crippen LogP contribution in [0.1, 0.15) is 64.5 Å². The van der Waals surface area contributed by atoms with Crippen LogP contribution in [-0.2, 0) is 4.74 Å². The Morgan fingerprint density at radius 2 is 2.00 bits per heavy atom. The van der Waals surface area contributed by atoms with Crippen molar-refractivity contribution in [1.29, 1.82) is 0 Å². The third-order valence-electron chi connectivity index (χ3n) is 4.86. The monoisotopic (exact) mass is 295 g/mol. The van der Waals surface area contributed by atoms with Crippen molar-refractivity contribution >= 4 is 11.3 Å². The zero-order valence-electron chi connectivity index (χ0n) is 13.4. The van der Waals surface area contributed by atoms with E-state index in [2.05, 4.69) is 42.9 Å². The fraction of sp³-hybridized carbons (Fsp3) is 0.765. The summed E-state index contributed by atoms with van der Waals surface area (Å²) in [4.78, 5) is 0. The highest BCUT2D eigenvalue weighted by Gasteiger charge is 2.44. The first-order valence-electron chi connectivity index (χ1n) is 7.84. The minimum atomic E-state index is -0.0359. The molecule has 1 N–H and O–H groups in total. The maximum Gasteiger partial charge on any atom is 0.0873 e. The standard InChI is InChI=1S/C17H29NOS/c1-5-11-18-15(14-6-12-20-13-14)17(19-4)9-7-16(2,3)8-10-17/h6,12-13,15,18H,5,7-11H2,1-4H3. The molecule has 0 aromatic carbocycles. The first-order chi connectivity index (χ1) is 9.53. The zero-order valence-corrected chi connectivity index (χ0v) is 14.2. The minimum Gasteiger partial charge on any atom is -0.376 e. The van der Waals surface area contributed by atoms with Crippen LogP contribution in [0.15, 0.2) is 16.8 Å². The lowest BCUT2D eigenvalue weighted by molar-refractivity contribution is -0.0875. The Bertz CT molecular complexity index is 389. The second-order valence-electron chi connectivity index (χ2n) is 6.88. The van der Waals surface area contributed by atoms with Gasteiger partial charge in [-0.3, -0.25) is 0 Å². The Kier molecular flexibility index (Phi) is 5.27. The van der Waals surface area contributed by atoms with Gasteiger partial charge in [-0.05, 0) is 66.5 Å². The summed E-state index contributed by atoms with van der Waals surface area (Å²) in [5, 5.41) is 8.19. The topological polar surface area (TPSA) is 21.3 Å². The van der Waals surface area contributed by atoms with E-state index in [-0.39, 0.29) is 5.60 Å². The highest BCUT2D eigenvalue weighted by Crippen LogP contribution is 2.47. The van der Waals surface area contributed by atoms with Gasteiger partial charge in [0.05, 0.1) is 11.6 Å². The van der Waals surface area contributed by atoms with Crippen molar-refractivity contribution in [3.8, 4) is 0 Å². The average Bonchev–Trinajstić information content (AvgIpc) is 2.95. The summed E-state index contributed by atoms with van der Waals surface area (Å²) >= 11 is 1.78. The van der Waals surface area contributed by atoms with Crippen LogP contribution in [0.4, 0.5) is 0 Å². The molecule has 0 radical (unpaired) electrons. The van der Waals surface area contributed by atoms with Crippen LogP contribution in [0.3, 0.4) is 0 Å². The number of rotatable bonds is 6. The van der Waals surface area contributed by atoms with E-state index in [9.17, 15) is 0 Å². The van der Waals surface area contributed by atoms with Crippen molar-refractivity contribution in [3.05, 3.63) is 22.4 Å². The van der Waals surface area contributed by atoms with Gasteiger partial charge < -0.3 is 10.1 Å². The van der Waals surface area contributed by atoms with E-state index in [4.69, 9.17) is 4.74 Å². The predicted octanol–water partition coefficient (Wildman–Crippen LogP) is 4.77. The molecule has 2 rings (SSSR count). The molecule has 0 aliphatic heterocycles. The van der Waals surface area contributed by atoms with Crippen molar-refractivity contribution in [2.75, 3.05) is 13.7 Å².